The number of thiophene rings is 1. The predicted molar refractivity (Wildman–Crippen MR) is 115 cm³/mol. The molecule has 0 aliphatic rings. The van der Waals surface area contributed by atoms with Gasteiger partial charge in [-0.3, -0.25) is 4.79 Å². The van der Waals surface area contributed by atoms with E-state index in [4.69, 9.17) is 9.47 Å². The number of methoxy groups -OCH3 is 2. The molecule has 0 bridgehead atoms. The Hall–Kier alpha value is -2.51. The number of esters is 1. The lowest BCUT2D eigenvalue weighted by Crippen LogP contribution is -2.13. The van der Waals surface area contributed by atoms with E-state index in [0.29, 0.717) is 17.0 Å². The van der Waals surface area contributed by atoms with Gasteiger partial charge in [-0.25, -0.2) is 4.79 Å². The van der Waals surface area contributed by atoms with E-state index in [0.717, 1.165) is 32.9 Å². The maximum Gasteiger partial charge on any atom is 0.341 e. The van der Waals surface area contributed by atoms with E-state index in [9.17, 15) is 9.59 Å². The molecule has 28 heavy (non-hydrogen) atoms. The van der Waals surface area contributed by atoms with E-state index in [-0.39, 0.29) is 5.91 Å². The lowest BCUT2D eigenvalue weighted by Gasteiger charge is -2.06. The van der Waals surface area contributed by atoms with Gasteiger partial charge >= 0.3 is 5.97 Å². The Morgan fingerprint density at radius 2 is 1.82 bits per heavy atom. The van der Waals surface area contributed by atoms with Crippen molar-refractivity contribution >= 4 is 50.1 Å². The van der Waals surface area contributed by atoms with Gasteiger partial charge in [0.25, 0.3) is 0 Å². The first-order valence-electron chi connectivity index (χ1n) is 8.79. The second kappa shape index (κ2) is 9.61. The number of hydrogen-bond donors (Lipinski definition) is 1. The number of hydrogen-bond acceptors (Lipinski definition) is 6. The van der Waals surface area contributed by atoms with Crippen LogP contribution in [-0.4, -0.2) is 31.8 Å². The van der Waals surface area contributed by atoms with Crippen LogP contribution in [0.15, 0.2) is 53.4 Å². The lowest BCUT2D eigenvalue weighted by atomic mass is 10.1. The summed E-state index contributed by atoms with van der Waals surface area (Å²) in [5.41, 5.74) is 0.420. The zero-order valence-corrected chi connectivity index (χ0v) is 17.3. The SMILES string of the molecule is COC(=O)c1c(NC(=O)CCCSc2ccc(OC)cc2)sc2ccccc12. The predicted octanol–water partition coefficient (Wildman–Crippen LogP) is 5.21. The fourth-order valence-corrected chi connectivity index (χ4v) is 4.68. The van der Waals surface area contributed by atoms with Gasteiger partial charge in [-0.05, 0) is 42.5 Å². The largest absolute Gasteiger partial charge is 0.497 e. The van der Waals surface area contributed by atoms with Crippen LogP contribution < -0.4 is 10.1 Å². The topological polar surface area (TPSA) is 64.6 Å². The van der Waals surface area contributed by atoms with Gasteiger partial charge in [0.1, 0.15) is 16.3 Å². The Balaban J connectivity index is 1.56. The molecule has 0 unspecified atom stereocenters. The van der Waals surface area contributed by atoms with E-state index < -0.39 is 5.97 Å². The number of carbonyl (C=O) groups excluding carboxylic acids is 2. The molecule has 0 saturated heterocycles. The molecule has 0 fully saturated rings. The van der Waals surface area contributed by atoms with Crippen molar-refractivity contribution < 1.29 is 19.1 Å². The summed E-state index contributed by atoms with van der Waals surface area (Å²) in [7, 11) is 2.99. The number of carbonyl (C=O) groups is 2. The minimum absolute atomic E-state index is 0.105. The van der Waals surface area contributed by atoms with Crippen LogP contribution in [0.4, 0.5) is 5.00 Å². The molecule has 1 heterocycles. The highest BCUT2D eigenvalue weighted by Gasteiger charge is 2.20. The molecule has 1 aromatic heterocycles. The molecule has 146 valence electrons. The number of rotatable bonds is 8. The van der Waals surface area contributed by atoms with Crippen molar-refractivity contribution in [3.63, 3.8) is 0 Å². The van der Waals surface area contributed by atoms with Gasteiger partial charge in [0, 0.05) is 21.4 Å². The number of amides is 1. The third-order valence-corrected chi connectivity index (χ3v) is 6.30. The third kappa shape index (κ3) is 4.85. The molecule has 0 aliphatic carbocycles. The fourth-order valence-electron chi connectivity index (χ4n) is 2.72. The van der Waals surface area contributed by atoms with Crippen molar-refractivity contribution in [3.8, 4) is 5.75 Å². The van der Waals surface area contributed by atoms with Gasteiger partial charge in [0.2, 0.25) is 5.91 Å². The number of anilines is 1. The molecule has 5 nitrogen and oxygen atoms in total. The third-order valence-electron chi connectivity index (χ3n) is 4.11. The Morgan fingerprint density at radius 3 is 2.54 bits per heavy atom. The average Bonchev–Trinajstić information content (AvgIpc) is 3.08. The molecule has 1 N–H and O–H groups in total. The van der Waals surface area contributed by atoms with Crippen molar-refractivity contribution in [3.05, 3.63) is 54.1 Å². The van der Waals surface area contributed by atoms with Gasteiger partial charge in [-0.15, -0.1) is 23.1 Å². The Morgan fingerprint density at radius 1 is 1.07 bits per heavy atom. The maximum atomic E-state index is 12.4. The van der Waals surface area contributed by atoms with E-state index >= 15 is 0 Å². The second-order valence-electron chi connectivity index (χ2n) is 5.97. The molecule has 0 atom stereocenters. The second-order valence-corrected chi connectivity index (χ2v) is 8.19. The number of ether oxygens (including phenoxy) is 2. The van der Waals surface area contributed by atoms with Crippen LogP contribution in [0.1, 0.15) is 23.2 Å². The number of nitrogens with one attached hydrogen (secondary N) is 1. The molecule has 7 heteroatoms. The Bertz CT molecular complexity index is 966. The fraction of sp³-hybridized carbons (Fsp3) is 0.238. The van der Waals surface area contributed by atoms with Crippen molar-refractivity contribution in [2.45, 2.75) is 17.7 Å². The van der Waals surface area contributed by atoms with E-state index in [1.54, 1.807) is 18.9 Å². The average molecular weight is 416 g/mol. The van der Waals surface area contributed by atoms with Gasteiger partial charge in [0.15, 0.2) is 0 Å². The van der Waals surface area contributed by atoms with Gasteiger partial charge in [-0.2, -0.15) is 0 Å². The van der Waals surface area contributed by atoms with Crippen LogP contribution in [0.25, 0.3) is 10.1 Å². The van der Waals surface area contributed by atoms with E-state index in [2.05, 4.69) is 5.32 Å². The first kappa shape index (κ1) is 20.2. The van der Waals surface area contributed by atoms with Crippen LogP contribution >= 0.6 is 23.1 Å². The molecule has 1 amide bonds. The molecular formula is C21H21NO4S2. The monoisotopic (exact) mass is 415 g/mol. The van der Waals surface area contributed by atoms with Crippen LogP contribution in [0.2, 0.25) is 0 Å². The summed E-state index contributed by atoms with van der Waals surface area (Å²) in [4.78, 5) is 25.7. The van der Waals surface area contributed by atoms with E-state index in [1.165, 1.54) is 18.4 Å². The van der Waals surface area contributed by atoms with Crippen molar-refractivity contribution in [1.82, 2.24) is 0 Å². The number of thioether (sulfide) groups is 1. The summed E-state index contributed by atoms with van der Waals surface area (Å²) in [5, 5.41) is 4.22. The highest BCUT2D eigenvalue weighted by atomic mass is 32.2. The first-order chi connectivity index (χ1) is 13.6. The molecule has 0 spiro atoms. The molecule has 0 saturated carbocycles. The smallest absolute Gasteiger partial charge is 0.341 e. The Kier molecular flexibility index (Phi) is 6.95. The van der Waals surface area contributed by atoms with Crippen molar-refractivity contribution in [2.75, 3.05) is 25.3 Å². The Labute approximate surface area is 172 Å². The normalized spacial score (nSPS) is 10.6. The molecule has 3 rings (SSSR count). The molecular weight excluding hydrogens is 394 g/mol. The lowest BCUT2D eigenvalue weighted by molar-refractivity contribution is -0.116. The summed E-state index contributed by atoms with van der Waals surface area (Å²) in [6, 6.07) is 15.4. The van der Waals surface area contributed by atoms with Crippen LogP contribution in [0.5, 0.6) is 5.75 Å². The maximum absolute atomic E-state index is 12.4. The zero-order valence-electron chi connectivity index (χ0n) is 15.7. The zero-order chi connectivity index (χ0) is 19.9. The van der Waals surface area contributed by atoms with Crippen LogP contribution in [-0.2, 0) is 9.53 Å². The van der Waals surface area contributed by atoms with Crippen LogP contribution in [0.3, 0.4) is 0 Å². The van der Waals surface area contributed by atoms with Gasteiger partial charge < -0.3 is 14.8 Å². The number of benzene rings is 2. The summed E-state index contributed by atoms with van der Waals surface area (Å²) in [5.74, 6) is 1.11. The molecule has 3 aromatic rings. The van der Waals surface area contributed by atoms with Crippen LogP contribution in [0, 0.1) is 0 Å². The highest BCUT2D eigenvalue weighted by molar-refractivity contribution is 7.99. The first-order valence-corrected chi connectivity index (χ1v) is 10.6. The molecule has 2 aromatic carbocycles. The highest BCUT2D eigenvalue weighted by Crippen LogP contribution is 2.36. The van der Waals surface area contributed by atoms with Crippen molar-refractivity contribution in [2.24, 2.45) is 0 Å². The number of fused-ring (bicyclic) bond motifs is 1. The molecule has 0 aliphatic heterocycles. The minimum atomic E-state index is -0.442. The summed E-state index contributed by atoms with van der Waals surface area (Å²) < 4.78 is 11.0. The summed E-state index contributed by atoms with van der Waals surface area (Å²) in [6.45, 7) is 0. The van der Waals surface area contributed by atoms with Gasteiger partial charge in [0.05, 0.1) is 14.2 Å². The quantitative estimate of drug-likeness (QED) is 0.311. The van der Waals surface area contributed by atoms with E-state index in [1.807, 2.05) is 48.5 Å². The minimum Gasteiger partial charge on any atom is -0.497 e. The molecule has 0 radical (unpaired) electrons. The summed E-state index contributed by atoms with van der Waals surface area (Å²) in [6.07, 6.45) is 1.12. The van der Waals surface area contributed by atoms with Gasteiger partial charge in [-0.1, -0.05) is 18.2 Å². The summed E-state index contributed by atoms with van der Waals surface area (Å²) >= 11 is 3.08. The van der Waals surface area contributed by atoms with Crippen molar-refractivity contribution in [1.29, 1.82) is 0 Å². The standard InChI is InChI=1S/C21H21NO4S2/c1-25-14-9-11-15(12-10-14)27-13-5-8-18(23)22-20-19(21(24)26-2)16-6-3-4-7-17(16)28-20/h3-4,6-7,9-12H,5,8,13H2,1-2H3,(H,22,23).